The Labute approximate surface area is 115 Å². The molecule has 2 unspecified atom stereocenters. The van der Waals surface area contributed by atoms with Gasteiger partial charge in [0.1, 0.15) is 0 Å². The second-order valence-electron chi connectivity index (χ2n) is 4.17. The first kappa shape index (κ1) is 13.5. The Morgan fingerprint density at radius 1 is 1.44 bits per heavy atom. The van der Waals surface area contributed by atoms with Gasteiger partial charge >= 0.3 is 5.97 Å². The minimum Gasteiger partial charge on any atom is -0.479 e. The number of carbonyl (C=O) groups is 1. The molecule has 1 heterocycles. The molecule has 1 fully saturated rings. The fourth-order valence-electron chi connectivity index (χ4n) is 1.89. The predicted octanol–water partition coefficient (Wildman–Crippen LogP) is 3.04. The van der Waals surface area contributed by atoms with Crippen LogP contribution in [0.3, 0.4) is 0 Å². The van der Waals surface area contributed by atoms with E-state index in [9.17, 15) is 4.79 Å². The molecule has 2 atom stereocenters. The van der Waals surface area contributed by atoms with Crippen molar-refractivity contribution in [1.82, 2.24) is 0 Å². The fraction of sp³-hybridized carbons (Fsp3) is 0.417. The molecule has 0 saturated carbocycles. The highest BCUT2D eigenvalue weighted by atomic mass is 35.5. The zero-order valence-electron chi connectivity index (χ0n) is 9.53. The normalized spacial score (nSPS) is 23.0. The molecule has 1 saturated heterocycles. The van der Waals surface area contributed by atoms with Gasteiger partial charge in [0, 0.05) is 11.6 Å². The predicted molar refractivity (Wildman–Crippen MR) is 70.5 cm³/mol. The third-order valence-corrected chi connectivity index (χ3v) is 3.38. The van der Waals surface area contributed by atoms with Crippen LogP contribution in [0.1, 0.15) is 12.8 Å². The first-order valence-electron chi connectivity index (χ1n) is 5.63. The summed E-state index contributed by atoms with van der Waals surface area (Å²) in [6.45, 7) is 0.533. The van der Waals surface area contributed by atoms with Crippen LogP contribution in [0.15, 0.2) is 18.2 Å². The molecular formula is C12H13Cl2NO3. The molecular weight excluding hydrogens is 277 g/mol. The molecule has 0 bridgehead atoms. The summed E-state index contributed by atoms with van der Waals surface area (Å²) in [5.74, 6) is -0.901. The van der Waals surface area contributed by atoms with Gasteiger partial charge in [-0.2, -0.15) is 0 Å². The second-order valence-corrected chi connectivity index (χ2v) is 5.01. The fourth-order valence-corrected chi connectivity index (χ4v) is 2.37. The van der Waals surface area contributed by atoms with Crippen molar-refractivity contribution in [3.63, 3.8) is 0 Å². The van der Waals surface area contributed by atoms with Crippen molar-refractivity contribution in [3.05, 3.63) is 28.2 Å². The molecule has 0 spiro atoms. The zero-order chi connectivity index (χ0) is 13.1. The third-order valence-electron chi connectivity index (χ3n) is 2.83. The largest absolute Gasteiger partial charge is 0.479 e. The van der Waals surface area contributed by atoms with Crippen LogP contribution in [0, 0.1) is 0 Å². The Balaban J connectivity index is 1.87. The van der Waals surface area contributed by atoms with E-state index in [1.165, 1.54) is 0 Å². The molecule has 0 amide bonds. The van der Waals surface area contributed by atoms with E-state index in [1.54, 1.807) is 18.2 Å². The van der Waals surface area contributed by atoms with E-state index >= 15 is 0 Å². The number of halogens is 2. The van der Waals surface area contributed by atoms with Gasteiger partial charge in [0.25, 0.3) is 0 Å². The monoisotopic (exact) mass is 289 g/mol. The molecule has 2 rings (SSSR count). The van der Waals surface area contributed by atoms with E-state index in [0.717, 1.165) is 12.1 Å². The highest BCUT2D eigenvalue weighted by Gasteiger charge is 2.30. The number of hydrogen-bond donors (Lipinski definition) is 2. The van der Waals surface area contributed by atoms with Crippen molar-refractivity contribution in [2.24, 2.45) is 0 Å². The maximum Gasteiger partial charge on any atom is 0.332 e. The Hall–Kier alpha value is -0.970. The van der Waals surface area contributed by atoms with Crippen molar-refractivity contribution in [1.29, 1.82) is 0 Å². The summed E-state index contributed by atoms with van der Waals surface area (Å²) in [7, 11) is 0. The van der Waals surface area contributed by atoms with E-state index in [1.807, 2.05) is 0 Å². The number of carboxylic acids is 1. The first-order chi connectivity index (χ1) is 8.56. The lowest BCUT2D eigenvalue weighted by Crippen LogP contribution is -2.24. The lowest BCUT2D eigenvalue weighted by Gasteiger charge is -2.14. The number of benzene rings is 1. The summed E-state index contributed by atoms with van der Waals surface area (Å²) in [6, 6.07) is 5.18. The zero-order valence-corrected chi connectivity index (χ0v) is 11.0. The van der Waals surface area contributed by atoms with Crippen molar-refractivity contribution in [2.75, 3.05) is 11.9 Å². The maximum absolute atomic E-state index is 10.7. The highest BCUT2D eigenvalue weighted by Crippen LogP contribution is 2.26. The summed E-state index contributed by atoms with van der Waals surface area (Å²) >= 11 is 11.8. The summed E-state index contributed by atoms with van der Waals surface area (Å²) in [5, 5.41) is 13.1. The summed E-state index contributed by atoms with van der Waals surface area (Å²) in [4.78, 5) is 10.7. The van der Waals surface area contributed by atoms with Gasteiger partial charge < -0.3 is 15.2 Å². The third kappa shape index (κ3) is 3.28. The average Bonchev–Trinajstić information content (AvgIpc) is 2.76. The molecule has 1 aromatic carbocycles. The lowest BCUT2D eigenvalue weighted by molar-refractivity contribution is -0.149. The molecule has 1 aliphatic rings. The van der Waals surface area contributed by atoms with Gasteiger partial charge in [-0.1, -0.05) is 23.2 Å². The van der Waals surface area contributed by atoms with Crippen LogP contribution in [0.2, 0.25) is 10.0 Å². The number of hydrogen-bond acceptors (Lipinski definition) is 3. The molecule has 6 heteroatoms. The number of rotatable bonds is 4. The van der Waals surface area contributed by atoms with E-state index in [2.05, 4.69) is 5.32 Å². The maximum atomic E-state index is 10.7. The number of nitrogens with one attached hydrogen (secondary N) is 1. The molecule has 4 nitrogen and oxygen atoms in total. The molecule has 1 aliphatic heterocycles. The Morgan fingerprint density at radius 2 is 2.22 bits per heavy atom. The Kier molecular flexibility index (Phi) is 4.32. The highest BCUT2D eigenvalue weighted by molar-refractivity contribution is 6.36. The van der Waals surface area contributed by atoms with Gasteiger partial charge in [-0.05, 0) is 31.0 Å². The standard InChI is InChI=1S/C12H13Cl2NO3/c13-7-1-3-10(9(14)5-7)15-6-8-2-4-11(18-8)12(16)17/h1,3,5,8,11,15H,2,4,6H2,(H,16,17). The van der Waals surface area contributed by atoms with Gasteiger partial charge in [0.15, 0.2) is 6.10 Å². The lowest BCUT2D eigenvalue weighted by atomic mass is 10.2. The molecule has 98 valence electrons. The van der Waals surface area contributed by atoms with Crippen molar-refractivity contribution in [2.45, 2.75) is 25.0 Å². The van der Waals surface area contributed by atoms with Gasteiger partial charge in [-0.15, -0.1) is 0 Å². The average molecular weight is 290 g/mol. The van der Waals surface area contributed by atoms with Crippen molar-refractivity contribution < 1.29 is 14.6 Å². The molecule has 1 aromatic rings. The van der Waals surface area contributed by atoms with Gasteiger partial charge in [-0.25, -0.2) is 4.79 Å². The topological polar surface area (TPSA) is 58.6 Å². The molecule has 0 radical (unpaired) electrons. The van der Waals surface area contributed by atoms with Gasteiger partial charge in [0.05, 0.1) is 16.8 Å². The van der Waals surface area contributed by atoms with Crippen LogP contribution < -0.4 is 5.32 Å². The van der Waals surface area contributed by atoms with Crippen LogP contribution in [0.5, 0.6) is 0 Å². The van der Waals surface area contributed by atoms with E-state index in [0.29, 0.717) is 23.0 Å². The SMILES string of the molecule is O=C(O)C1CCC(CNc2ccc(Cl)cc2Cl)O1. The van der Waals surface area contributed by atoms with E-state index < -0.39 is 12.1 Å². The van der Waals surface area contributed by atoms with E-state index in [-0.39, 0.29) is 6.10 Å². The van der Waals surface area contributed by atoms with E-state index in [4.69, 9.17) is 33.0 Å². The summed E-state index contributed by atoms with van der Waals surface area (Å²) < 4.78 is 5.38. The van der Waals surface area contributed by atoms with Crippen molar-refractivity contribution >= 4 is 34.9 Å². The number of carboxylic acid groups (broad SMARTS) is 1. The number of anilines is 1. The van der Waals surface area contributed by atoms with Crippen LogP contribution in [-0.4, -0.2) is 29.8 Å². The Bertz CT molecular complexity index is 453. The van der Waals surface area contributed by atoms with Crippen LogP contribution in [0.25, 0.3) is 0 Å². The number of aliphatic carboxylic acids is 1. The molecule has 18 heavy (non-hydrogen) atoms. The van der Waals surface area contributed by atoms with Gasteiger partial charge in [-0.3, -0.25) is 0 Å². The van der Waals surface area contributed by atoms with Crippen LogP contribution in [-0.2, 0) is 9.53 Å². The molecule has 2 N–H and O–H groups in total. The smallest absolute Gasteiger partial charge is 0.332 e. The van der Waals surface area contributed by atoms with Gasteiger partial charge in [0.2, 0.25) is 0 Å². The second kappa shape index (κ2) is 5.78. The summed E-state index contributed by atoms with van der Waals surface area (Å²) in [5.41, 5.74) is 0.767. The molecule has 0 aromatic heterocycles. The minimum absolute atomic E-state index is 0.0992. The van der Waals surface area contributed by atoms with Crippen LogP contribution >= 0.6 is 23.2 Å². The van der Waals surface area contributed by atoms with Crippen molar-refractivity contribution in [3.8, 4) is 0 Å². The molecule has 0 aliphatic carbocycles. The minimum atomic E-state index is -0.901. The summed E-state index contributed by atoms with van der Waals surface area (Å²) in [6.07, 6.45) is 0.501. The quantitative estimate of drug-likeness (QED) is 0.894. The first-order valence-corrected chi connectivity index (χ1v) is 6.39. The Morgan fingerprint density at radius 3 is 2.83 bits per heavy atom. The number of ether oxygens (including phenoxy) is 1. The van der Waals surface area contributed by atoms with Crippen LogP contribution in [0.4, 0.5) is 5.69 Å².